The number of ether oxygens (including phenoxy) is 1. The summed E-state index contributed by atoms with van der Waals surface area (Å²) in [5, 5.41) is 3.03. The van der Waals surface area contributed by atoms with E-state index in [4.69, 9.17) is 4.74 Å². The molecule has 1 aliphatic rings. The lowest BCUT2D eigenvalue weighted by Crippen LogP contribution is -2.38. The highest BCUT2D eigenvalue weighted by molar-refractivity contribution is 7.89. The zero-order valence-corrected chi connectivity index (χ0v) is 11.6. The maximum absolute atomic E-state index is 11.8. The minimum absolute atomic E-state index is 0.0965. The first-order chi connectivity index (χ1) is 8.03. The third kappa shape index (κ3) is 6.35. The summed E-state index contributed by atoms with van der Waals surface area (Å²) in [5.74, 6) is 0.390. The van der Waals surface area contributed by atoms with Gasteiger partial charge >= 0.3 is 0 Å². The van der Waals surface area contributed by atoms with E-state index in [1.54, 1.807) is 0 Å². The quantitative estimate of drug-likeness (QED) is 0.695. The van der Waals surface area contributed by atoms with Crippen LogP contribution in [0.5, 0.6) is 0 Å². The smallest absolute Gasteiger partial charge is 0.214 e. The van der Waals surface area contributed by atoms with Crippen LogP contribution in [-0.2, 0) is 14.8 Å². The van der Waals surface area contributed by atoms with Gasteiger partial charge in [0.25, 0.3) is 0 Å². The third-order valence-corrected chi connectivity index (χ3v) is 4.30. The first kappa shape index (κ1) is 14.9. The van der Waals surface area contributed by atoms with E-state index in [-0.39, 0.29) is 11.9 Å². The van der Waals surface area contributed by atoms with E-state index < -0.39 is 10.0 Å². The predicted molar refractivity (Wildman–Crippen MR) is 68.5 cm³/mol. The Balaban J connectivity index is 2.29. The lowest BCUT2D eigenvalue weighted by atomic mass is 10.1. The molecule has 0 spiro atoms. The van der Waals surface area contributed by atoms with Crippen LogP contribution in [0.4, 0.5) is 0 Å². The van der Waals surface area contributed by atoms with Crippen molar-refractivity contribution in [2.24, 2.45) is 5.92 Å². The Bertz CT molecular complexity index is 300. The summed E-state index contributed by atoms with van der Waals surface area (Å²) >= 11 is 0. The van der Waals surface area contributed by atoms with Crippen molar-refractivity contribution in [2.75, 3.05) is 32.5 Å². The van der Waals surface area contributed by atoms with Crippen LogP contribution in [0.25, 0.3) is 0 Å². The molecule has 5 nitrogen and oxygen atoms in total. The van der Waals surface area contributed by atoms with Crippen molar-refractivity contribution >= 4 is 10.0 Å². The van der Waals surface area contributed by atoms with Gasteiger partial charge in [-0.05, 0) is 38.8 Å². The molecule has 1 heterocycles. The highest BCUT2D eigenvalue weighted by Crippen LogP contribution is 2.14. The fraction of sp³-hybridized carbons (Fsp3) is 1.00. The fourth-order valence-electron chi connectivity index (χ4n) is 1.93. The molecule has 6 heteroatoms. The Morgan fingerprint density at radius 3 is 2.71 bits per heavy atom. The number of hydrogen-bond donors (Lipinski definition) is 2. The second-order valence-electron chi connectivity index (χ2n) is 4.78. The maximum Gasteiger partial charge on any atom is 0.214 e. The molecule has 0 aromatic carbocycles. The highest BCUT2D eigenvalue weighted by Gasteiger charge is 2.22. The van der Waals surface area contributed by atoms with Crippen molar-refractivity contribution in [2.45, 2.75) is 32.3 Å². The molecule has 0 aliphatic carbocycles. The molecule has 0 bridgehead atoms. The molecule has 0 radical (unpaired) electrons. The summed E-state index contributed by atoms with van der Waals surface area (Å²) in [5.41, 5.74) is 0. The minimum Gasteiger partial charge on any atom is -0.377 e. The van der Waals surface area contributed by atoms with Crippen LogP contribution >= 0.6 is 0 Å². The van der Waals surface area contributed by atoms with E-state index in [0.29, 0.717) is 19.1 Å². The van der Waals surface area contributed by atoms with Crippen molar-refractivity contribution in [3.05, 3.63) is 0 Å². The van der Waals surface area contributed by atoms with E-state index in [2.05, 4.69) is 10.0 Å². The van der Waals surface area contributed by atoms with E-state index in [9.17, 15) is 8.42 Å². The molecule has 0 aromatic rings. The molecule has 2 atom stereocenters. The van der Waals surface area contributed by atoms with Gasteiger partial charge in [-0.1, -0.05) is 6.92 Å². The van der Waals surface area contributed by atoms with Crippen LogP contribution in [-0.4, -0.2) is 47.0 Å². The van der Waals surface area contributed by atoms with Gasteiger partial charge in [0.1, 0.15) is 0 Å². The molecule has 0 aromatic heterocycles. The molecule has 1 rings (SSSR count). The molecular weight excluding hydrogens is 240 g/mol. The third-order valence-electron chi connectivity index (χ3n) is 2.88. The van der Waals surface area contributed by atoms with Gasteiger partial charge in [0.2, 0.25) is 10.0 Å². The lowest BCUT2D eigenvalue weighted by molar-refractivity contribution is 0.0304. The number of hydrogen-bond acceptors (Lipinski definition) is 4. The van der Waals surface area contributed by atoms with Gasteiger partial charge in [-0.2, -0.15) is 0 Å². The molecule has 17 heavy (non-hydrogen) atoms. The topological polar surface area (TPSA) is 67.4 Å². The molecule has 1 aliphatic heterocycles. The number of rotatable bonds is 7. The zero-order valence-electron chi connectivity index (χ0n) is 10.7. The number of sulfonamides is 1. The van der Waals surface area contributed by atoms with E-state index in [0.717, 1.165) is 25.8 Å². The van der Waals surface area contributed by atoms with Crippen LogP contribution in [0.2, 0.25) is 0 Å². The SMILES string of the molecule is CNCC(C)CNS(=O)(=O)CC1CCCCO1. The van der Waals surface area contributed by atoms with Crippen LogP contribution in [0.15, 0.2) is 0 Å². The van der Waals surface area contributed by atoms with Gasteiger partial charge in [-0.15, -0.1) is 0 Å². The zero-order chi connectivity index (χ0) is 12.7. The van der Waals surface area contributed by atoms with Crippen LogP contribution in [0.1, 0.15) is 26.2 Å². The summed E-state index contributed by atoms with van der Waals surface area (Å²) in [6, 6.07) is 0. The second kappa shape index (κ2) is 7.31. The molecule has 2 unspecified atom stereocenters. The normalized spacial score (nSPS) is 23.5. The average Bonchev–Trinajstić information content (AvgIpc) is 2.28. The van der Waals surface area contributed by atoms with Gasteiger partial charge in [0.15, 0.2) is 0 Å². The van der Waals surface area contributed by atoms with Crippen LogP contribution < -0.4 is 10.0 Å². The summed E-state index contributed by atoms with van der Waals surface area (Å²) in [6.07, 6.45) is 2.84. The monoisotopic (exact) mass is 264 g/mol. The van der Waals surface area contributed by atoms with Gasteiger partial charge < -0.3 is 10.1 Å². The second-order valence-corrected chi connectivity index (χ2v) is 6.63. The molecule has 0 saturated carbocycles. The maximum atomic E-state index is 11.8. The van der Waals surface area contributed by atoms with Gasteiger partial charge in [-0.25, -0.2) is 13.1 Å². The van der Waals surface area contributed by atoms with Crippen molar-refractivity contribution < 1.29 is 13.2 Å². The van der Waals surface area contributed by atoms with E-state index in [1.165, 1.54) is 0 Å². The van der Waals surface area contributed by atoms with Crippen molar-refractivity contribution in [1.82, 2.24) is 10.0 Å². The summed E-state index contributed by atoms with van der Waals surface area (Å²) < 4.78 is 31.7. The minimum atomic E-state index is -3.20. The van der Waals surface area contributed by atoms with Gasteiger partial charge in [0, 0.05) is 13.2 Å². The van der Waals surface area contributed by atoms with E-state index in [1.807, 2.05) is 14.0 Å². The van der Waals surface area contributed by atoms with Crippen LogP contribution in [0, 0.1) is 5.92 Å². The van der Waals surface area contributed by atoms with Crippen molar-refractivity contribution in [1.29, 1.82) is 0 Å². The fourth-order valence-corrected chi connectivity index (χ4v) is 3.34. The first-order valence-corrected chi connectivity index (χ1v) is 7.92. The van der Waals surface area contributed by atoms with Crippen LogP contribution in [0.3, 0.4) is 0 Å². The predicted octanol–water partition coefficient (Wildman–Crippen LogP) is 0.330. The lowest BCUT2D eigenvalue weighted by Gasteiger charge is -2.22. The van der Waals surface area contributed by atoms with E-state index >= 15 is 0 Å². The Morgan fingerprint density at radius 1 is 1.35 bits per heavy atom. The Labute approximate surface area is 104 Å². The molecule has 2 N–H and O–H groups in total. The summed E-state index contributed by atoms with van der Waals surface area (Å²) in [4.78, 5) is 0. The first-order valence-electron chi connectivity index (χ1n) is 6.27. The summed E-state index contributed by atoms with van der Waals surface area (Å²) in [7, 11) is -1.34. The van der Waals surface area contributed by atoms with Crippen molar-refractivity contribution in [3.8, 4) is 0 Å². The summed E-state index contributed by atoms with van der Waals surface area (Å²) in [6.45, 7) is 3.99. The Morgan fingerprint density at radius 2 is 2.12 bits per heavy atom. The Kier molecular flexibility index (Phi) is 6.40. The molecule has 1 saturated heterocycles. The standard InChI is InChI=1S/C11H24N2O3S/c1-10(7-12-2)8-13-17(14,15)9-11-5-3-4-6-16-11/h10-13H,3-9H2,1-2H3. The molecule has 102 valence electrons. The van der Waals surface area contributed by atoms with Gasteiger partial charge in [0.05, 0.1) is 11.9 Å². The largest absolute Gasteiger partial charge is 0.377 e. The number of nitrogens with one attached hydrogen (secondary N) is 2. The van der Waals surface area contributed by atoms with Gasteiger partial charge in [-0.3, -0.25) is 0 Å². The average molecular weight is 264 g/mol. The van der Waals surface area contributed by atoms with Crippen molar-refractivity contribution in [3.63, 3.8) is 0 Å². The molecule has 1 fully saturated rings. The highest BCUT2D eigenvalue weighted by atomic mass is 32.2. The molecule has 0 amide bonds. The Hall–Kier alpha value is -0.170. The molecular formula is C11H24N2O3S.